The van der Waals surface area contributed by atoms with Gasteiger partial charge in [0.25, 0.3) is 0 Å². The molecule has 1 N–H and O–H groups in total. The van der Waals surface area contributed by atoms with Gasteiger partial charge in [0.05, 0.1) is 19.2 Å². The molecule has 1 aliphatic heterocycles. The van der Waals surface area contributed by atoms with Crippen LogP contribution in [-0.4, -0.2) is 49.1 Å². The van der Waals surface area contributed by atoms with Crippen LogP contribution in [0.4, 0.5) is 0 Å². The minimum absolute atomic E-state index is 0.0778. The summed E-state index contributed by atoms with van der Waals surface area (Å²) in [5.74, 6) is -0.236. The molecule has 0 bridgehead atoms. The summed E-state index contributed by atoms with van der Waals surface area (Å²) >= 11 is 0. The molecular formula is C12H22N2O3. The molecule has 0 aliphatic carbocycles. The molecule has 1 atom stereocenters. The standard InChI is InChI=1S/C12H22N2O3/c1-3-17-11(15)9-13-10(2)12(16)14-7-5-4-6-8-14/h10,13H,3-9H2,1-2H3. The number of carbonyl (C=O) groups is 2. The van der Waals surface area contributed by atoms with Crippen molar-refractivity contribution in [3.63, 3.8) is 0 Å². The Balaban J connectivity index is 2.28. The van der Waals surface area contributed by atoms with Crippen LogP contribution in [-0.2, 0) is 14.3 Å². The third-order valence-corrected chi connectivity index (χ3v) is 2.90. The molecule has 1 saturated heterocycles. The van der Waals surface area contributed by atoms with Crippen molar-refractivity contribution in [1.29, 1.82) is 0 Å². The highest BCUT2D eigenvalue weighted by Gasteiger charge is 2.22. The van der Waals surface area contributed by atoms with Crippen molar-refractivity contribution >= 4 is 11.9 Å². The Hall–Kier alpha value is -1.10. The molecule has 17 heavy (non-hydrogen) atoms. The van der Waals surface area contributed by atoms with E-state index in [4.69, 9.17) is 4.74 Å². The van der Waals surface area contributed by atoms with Gasteiger partial charge in [-0.1, -0.05) is 0 Å². The second kappa shape index (κ2) is 7.27. The monoisotopic (exact) mass is 242 g/mol. The molecule has 5 nitrogen and oxygen atoms in total. The topological polar surface area (TPSA) is 58.6 Å². The van der Waals surface area contributed by atoms with Gasteiger partial charge in [0.15, 0.2) is 0 Å². The number of rotatable bonds is 5. The van der Waals surface area contributed by atoms with E-state index in [1.54, 1.807) is 13.8 Å². The zero-order chi connectivity index (χ0) is 12.7. The first-order valence-corrected chi connectivity index (χ1v) is 6.33. The fourth-order valence-electron chi connectivity index (χ4n) is 1.92. The lowest BCUT2D eigenvalue weighted by Crippen LogP contribution is -2.48. The van der Waals surface area contributed by atoms with Gasteiger partial charge in [-0.05, 0) is 33.1 Å². The molecule has 0 aromatic rings. The molecule has 98 valence electrons. The van der Waals surface area contributed by atoms with Gasteiger partial charge in [0.1, 0.15) is 0 Å². The summed E-state index contributed by atoms with van der Waals surface area (Å²) in [4.78, 5) is 25.0. The summed E-state index contributed by atoms with van der Waals surface area (Å²) in [6, 6.07) is -0.322. The summed E-state index contributed by atoms with van der Waals surface area (Å²) in [5, 5.41) is 2.90. The molecule has 0 aromatic heterocycles. The molecule has 1 fully saturated rings. The van der Waals surface area contributed by atoms with E-state index in [0.717, 1.165) is 25.9 Å². The fourth-order valence-corrected chi connectivity index (χ4v) is 1.92. The Morgan fingerprint density at radius 3 is 2.53 bits per heavy atom. The molecule has 0 aromatic carbocycles. The number of amides is 1. The lowest BCUT2D eigenvalue weighted by Gasteiger charge is -2.29. The first kappa shape index (κ1) is 14.0. The third kappa shape index (κ3) is 4.73. The highest BCUT2D eigenvalue weighted by atomic mass is 16.5. The number of nitrogens with one attached hydrogen (secondary N) is 1. The van der Waals surface area contributed by atoms with Crippen LogP contribution in [0.25, 0.3) is 0 Å². The molecule has 1 heterocycles. The molecule has 0 radical (unpaired) electrons. The third-order valence-electron chi connectivity index (χ3n) is 2.90. The minimum Gasteiger partial charge on any atom is -0.465 e. The van der Waals surface area contributed by atoms with Gasteiger partial charge in [0.2, 0.25) is 5.91 Å². The van der Waals surface area contributed by atoms with Gasteiger partial charge in [-0.2, -0.15) is 0 Å². The number of ether oxygens (including phenoxy) is 1. The summed E-state index contributed by atoms with van der Waals surface area (Å²) in [6.45, 7) is 5.69. The lowest BCUT2D eigenvalue weighted by molar-refractivity contribution is -0.142. The molecule has 1 unspecified atom stereocenters. The SMILES string of the molecule is CCOC(=O)CNC(C)C(=O)N1CCCCC1. The molecule has 1 amide bonds. The van der Waals surface area contributed by atoms with Crippen molar-refractivity contribution < 1.29 is 14.3 Å². The normalized spacial score (nSPS) is 17.6. The highest BCUT2D eigenvalue weighted by molar-refractivity contribution is 5.82. The van der Waals surface area contributed by atoms with Crippen LogP contribution < -0.4 is 5.32 Å². The van der Waals surface area contributed by atoms with E-state index in [2.05, 4.69) is 5.32 Å². The van der Waals surface area contributed by atoms with E-state index in [-0.39, 0.29) is 24.5 Å². The molecule has 0 spiro atoms. The van der Waals surface area contributed by atoms with Gasteiger partial charge in [-0.3, -0.25) is 14.9 Å². The quantitative estimate of drug-likeness (QED) is 0.715. The van der Waals surface area contributed by atoms with Gasteiger partial charge in [-0.25, -0.2) is 0 Å². The van der Waals surface area contributed by atoms with Gasteiger partial charge >= 0.3 is 5.97 Å². The average Bonchev–Trinajstić information content (AvgIpc) is 2.36. The van der Waals surface area contributed by atoms with Gasteiger partial charge in [-0.15, -0.1) is 0 Å². The number of esters is 1. The van der Waals surface area contributed by atoms with Gasteiger partial charge in [0, 0.05) is 13.1 Å². The first-order valence-electron chi connectivity index (χ1n) is 6.33. The van der Waals surface area contributed by atoms with E-state index in [0.29, 0.717) is 6.61 Å². The molecule has 1 aliphatic rings. The first-order chi connectivity index (χ1) is 8.15. The molecule has 0 saturated carbocycles. The molecule has 1 rings (SSSR count). The number of hydrogen-bond acceptors (Lipinski definition) is 4. The van der Waals surface area contributed by atoms with E-state index in [1.165, 1.54) is 6.42 Å². The maximum Gasteiger partial charge on any atom is 0.319 e. The lowest BCUT2D eigenvalue weighted by atomic mass is 10.1. The number of piperidine rings is 1. The number of nitrogens with zero attached hydrogens (tertiary/aromatic N) is 1. The highest BCUT2D eigenvalue weighted by Crippen LogP contribution is 2.09. The van der Waals surface area contributed by atoms with Crippen LogP contribution in [0.15, 0.2) is 0 Å². The maximum absolute atomic E-state index is 12.0. The number of hydrogen-bond donors (Lipinski definition) is 1. The Bertz CT molecular complexity index is 262. The van der Waals surface area contributed by atoms with Crippen LogP contribution in [0, 0.1) is 0 Å². The van der Waals surface area contributed by atoms with Crippen LogP contribution >= 0.6 is 0 Å². The summed E-state index contributed by atoms with van der Waals surface area (Å²) in [7, 11) is 0. The van der Waals surface area contributed by atoms with Crippen LogP contribution in [0.2, 0.25) is 0 Å². The van der Waals surface area contributed by atoms with Crippen LogP contribution in [0.1, 0.15) is 33.1 Å². The maximum atomic E-state index is 12.0. The van der Waals surface area contributed by atoms with E-state index in [1.807, 2.05) is 4.90 Å². The van der Waals surface area contributed by atoms with Crippen molar-refractivity contribution in [3.05, 3.63) is 0 Å². The molecular weight excluding hydrogens is 220 g/mol. The van der Waals surface area contributed by atoms with Crippen LogP contribution in [0.3, 0.4) is 0 Å². The Labute approximate surface area is 102 Å². The predicted octanol–water partition coefficient (Wildman–Crippen LogP) is 0.540. The van der Waals surface area contributed by atoms with Gasteiger partial charge < -0.3 is 9.64 Å². The zero-order valence-corrected chi connectivity index (χ0v) is 10.7. The number of likely N-dealkylation sites (tertiary alicyclic amines) is 1. The Kier molecular flexibility index (Phi) is 5.97. The fraction of sp³-hybridized carbons (Fsp3) is 0.833. The van der Waals surface area contributed by atoms with Crippen molar-refractivity contribution in [2.24, 2.45) is 0 Å². The van der Waals surface area contributed by atoms with Crippen molar-refractivity contribution in [3.8, 4) is 0 Å². The minimum atomic E-state index is -0.322. The van der Waals surface area contributed by atoms with Crippen molar-refractivity contribution in [1.82, 2.24) is 10.2 Å². The molecule has 5 heteroatoms. The smallest absolute Gasteiger partial charge is 0.319 e. The van der Waals surface area contributed by atoms with E-state index < -0.39 is 0 Å². The Morgan fingerprint density at radius 2 is 1.94 bits per heavy atom. The summed E-state index contributed by atoms with van der Waals surface area (Å²) < 4.78 is 4.79. The predicted molar refractivity (Wildman–Crippen MR) is 64.5 cm³/mol. The second-order valence-corrected chi connectivity index (χ2v) is 4.29. The summed E-state index contributed by atoms with van der Waals surface area (Å²) in [5.41, 5.74) is 0. The Morgan fingerprint density at radius 1 is 1.29 bits per heavy atom. The largest absolute Gasteiger partial charge is 0.465 e. The second-order valence-electron chi connectivity index (χ2n) is 4.29. The summed E-state index contributed by atoms with van der Waals surface area (Å²) in [6.07, 6.45) is 3.36. The van der Waals surface area contributed by atoms with Crippen molar-refractivity contribution in [2.75, 3.05) is 26.2 Å². The average molecular weight is 242 g/mol. The van der Waals surface area contributed by atoms with Crippen LogP contribution in [0.5, 0.6) is 0 Å². The van der Waals surface area contributed by atoms with E-state index in [9.17, 15) is 9.59 Å². The number of carbonyl (C=O) groups excluding carboxylic acids is 2. The van der Waals surface area contributed by atoms with E-state index >= 15 is 0 Å². The zero-order valence-electron chi connectivity index (χ0n) is 10.7. The van der Waals surface area contributed by atoms with Crippen molar-refractivity contribution in [2.45, 2.75) is 39.2 Å².